The highest BCUT2D eigenvalue weighted by molar-refractivity contribution is 5.88. The van der Waals surface area contributed by atoms with Crippen molar-refractivity contribution in [2.75, 3.05) is 48.8 Å². The number of hydrogen-bond donors (Lipinski definition) is 0. The third kappa shape index (κ3) is 5.64. The van der Waals surface area contributed by atoms with Crippen molar-refractivity contribution in [3.63, 3.8) is 0 Å². The largest absolute Gasteiger partial charge is 0.466 e. The lowest BCUT2D eigenvalue weighted by atomic mass is 9.91. The SMILES string of the molecule is COCO[C@@H]1[C@H](OCOC)C=C(C(=O)OC)C[C@H]1OCOC. The Bertz CT molecular complexity index is 357. The maximum Gasteiger partial charge on any atom is 0.333 e. The van der Waals surface area contributed by atoms with Crippen molar-refractivity contribution < 1.29 is 38.0 Å². The van der Waals surface area contributed by atoms with Crippen molar-refractivity contribution in [1.29, 1.82) is 0 Å². The lowest BCUT2D eigenvalue weighted by Gasteiger charge is -2.35. The van der Waals surface area contributed by atoms with E-state index in [-0.39, 0.29) is 20.4 Å². The molecule has 128 valence electrons. The Morgan fingerprint density at radius 1 is 1.00 bits per heavy atom. The highest BCUT2D eigenvalue weighted by Crippen LogP contribution is 2.27. The van der Waals surface area contributed by atoms with Crippen LogP contribution in [0.5, 0.6) is 0 Å². The molecule has 0 aromatic carbocycles. The molecule has 8 heteroatoms. The molecule has 0 saturated heterocycles. The van der Waals surface area contributed by atoms with E-state index >= 15 is 0 Å². The van der Waals surface area contributed by atoms with E-state index in [0.717, 1.165) is 0 Å². The molecular formula is C14H24O8. The van der Waals surface area contributed by atoms with Crippen molar-refractivity contribution in [2.24, 2.45) is 0 Å². The molecule has 0 unspecified atom stereocenters. The minimum absolute atomic E-state index is 0.0550. The molecule has 3 atom stereocenters. The molecule has 0 radical (unpaired) electrons. The molecule has 22 heavy (non-hydrogen) atoms. The van der Waals surface area contributed by atoms with Crippen LogP contribution in [-0.4, -0.2) is 73.1 Å². The van der Waals surface area contributed by atoms with Crippen molar-refractivity contribution in [3.8, 4) is 0 Å². The molecule has 1 aliphatic rings. The Labute approximate surface area is 130 Å². The predicted molar refractivity (Wildman–Crippen MR) is 75.0 cm³/mol. The lowest BCUT2D eigenvalue weighted by Crippen LogP contribution is -2.46. The molecule has 0 fully saturated rings. The summed E-state index contributed by atoms with van der Waals surface area (Å²) in [5.74, 6) is -0.428. The normalized spacial score (nSPS) is 24.9. The number of methoxy groups -OCH3 is 4. The van der Waals surface area contributed by atoms with Gasteiger partial charge in [-0.3, -0.25) is 0 Å². The topological polar surface area (TPSA) is 81.7 Å². The Balaban J connectivity index is 2.91. The zero-order chi connectivity index (χ0) is 16.4. The first-order chi connectivity index (χ1) is 10.7. The van der Waals surface area contributed by atoms with Crippen molar-refractivity contribution in [2.45, 2.75) is 24.7 Å². The molecule has 0 aliphatic heterocycles. The van der Waals surface area contributed by atoms with Gasteiger partial charge in [0.1, 0.15) is 32.6 Å². The van der Waals surface area contributed by atoms with E-state index < -0.39 is 24.3 Å². The van der Waals surface area contributed by atoms with Crippen molar-refractivity contribution in [3.05, 3.63) is 11.6 Å². The van der Waals surface area contributed by atoms with Crippen LogP contribution in [0.4, 0.5) is 0 Å². The molecule has 0 saturated carbocycles. The second-order valence-corrected chi connectivity index (χ2v) is 4.57. The highest BCUT2D eigenvalue weighted by Gasteiger charge is 2.38. The van der Waals surface area contributed by atoms with Gasteiger partial charge in [-0.2, -0.15) is 0 Å². The van der Waals surface area contributed by atoms with Gasteiger partial charge in [0.05, 0.1) is 13.2 Å². The van der Waals surface area contributed by atoms with E-state index in [2.05, 4.69) is 0 Å². The quantitative estimate of drug-likeness (QED) is 0.424. The van der Waals surface area contributed by atoms with Crippen LogP contribution in [0.15, 0.2) is 11.6 Å². The fraction of sp³-hybridized carbons (Fsp3) is 0.786. The van der Waals surface area contributed by atoms with Gasteiger partial charge >= 0.3 is 5.97 Å². The van der Waals surface area contributed by atoms with Crippen LogP contribution in [0.2, 0.25) is 0 Å². The summed E-state index contributed by atoms with van der Waals surface area (Å²) in [6.45, 7) is 0.203. The number of ether oxygens (including phenoxy) is 7. The average molecular weight is 320 g/mol. The maximum absolute atomic E-state index is 11.8. The summed E-state index contributed by atoms with van der Waals surface area (Å²) >= 11 is 0. The number of carbonyl (C=O) groups is 1. The van der Waals surface area contributed by atoms with E-state index in [1.165, 1.54) is 28.4 Å². The van der Waals surface area contributed by atoms with Gasteiger partial charge in [0, 0.05) is 33.3 Å². The minimum Gasteiger partial charge on any atom is -0.466 e. The second kappa shape index (κ2) is 10.7. The summed E-state index contributed by atoms with van der Waals surface area (Å²) < 4.78 is 36.4. The average Bonchev–Trinajstić information content (AvgIpc) is 2.55. The zero-order valence-electron chi connectivity index (χ0n) is 13.4. The van der Waals surface area contributed by atoms with Crippen molar-refractivity contribution in [1.82, 2.24) is 0 Å². The van der Waals surface area contributed by atoms with Crippen LogP contribution >= 0.6 is 0 Å². The highest BCUT2D eigenvalue weighted by atomic mass is 16.7. The number of esters is 1. The molecule has 0 aromatic heterocycles. The first-order valence-electron chi connectivity index (χ1n) is 6.78. The van der Waals surface area contributed by atoms with Crippen LogP contribution in [0.1, 0.15) is 6.42 Å². The Kier molecular flexibility index (Phi) is 9.21. The summed E-state index contributed by atoms with van der Waals surface area (Å²) in [5.41, 5.74) is 0.460. The molecule has 0 bridgehead atoms. The van der Waals surface area contributed by atoms with E-state index in [4.69, 9.17) is 33.2 Å². The molecular weight excluding hydrogens is 296 g/mol. The van der Waals surface area contributed by atoms with Gasteiger partial charge in [0.25, 0.3) is 0 Å². The maximum atomic E-state index is 11.8. The summed E-state index contributed by atoms with van der Waals surface area (Å²) in [6.07, 6.45) is 0.573. The van der Waals surface area contributed by atoms with Crippen LogP contribution in [0, 0.1) is 0 Å². The Hall–Kier alpha value is -1.03. The summed E-state index contributed by atoms with van der Waals surface area (Å²) in [5, 5.41) is 0. The second-order valence-electron chi connectivity index (χ2n) is 4.57. The van der Waals surface area contributed by atoms with Gasteiger partial charge in [-0.15, -0.1) is 0 Å². The van der Waals surface area contributed by atoms with E-state index in [1.54, 1.807) is 6.08 Å². The first-order valence-corrected chi connectivity index (χ1v) is 6.78. The standard InChI is InChI=1S/C14H24O8/c1-16-7-20-11-5-10(14(15)19-4)6-12(21-8-17-2)13(11)22-9-18-3/h5,11-13H,6-9H2,1-4H3/t11-,12-,13-/m1/s1. The van der Waals surface area contributed by atoms with Gasteiger partial charge in [0.15, 0.2) is 0 Å². The van der Waals surface area contributed by atoms with Crippen LogP contribution in [0.25, 0.3) is 0 Å². The molecule has 0 amide bonds. The molecule has 0 aromatic rings. The number of carbonyl (C=O) groups excluding carboxylic acids is 1. The molecule has 0 N–H and O–H groups in total. The smallest absolute Gasteiger partial charge is 0.333 e. The zero-order valence-corrected chi connectivity index (χ0v) is 13.4. The molecule has 0 heterocycles. The predicted octanol–water partition coefficient (Wildman–Crippen LogP) is 0.457. The van der Waals surface area contributed by atoms with E-state index in [0.29, 0.717) is 12.0 Å². The monoisotopic (exact) mass is 320 g/mol. The van der Waals surface area contributed by atoms with Gasteiger partial charge in [-0.05, 0) is 6.08 Å². The first kappa shape index (κ1) is 19.0. The lowest BCUT2D eigenvalue weighted by molar-refractivity contribution is -0.201. The summed E-state index contributed by atoms with van der Waals surface area (Å²) in [4.78, 5) is 11.8. The van der Waals surface area contributed by atoms with Gasteiger partial charge in [-0.25, -0.2) is 4.79 Å². The fourth-order valence-corrected chi connectivity index (χ4v) is 2.14. The molecule has 1 rings (SSSR count). The Morgan fingerprint density at radius 3 is 2.18 bits per heavy atom. The van der Waals surface area contributed by atoms with E-state index in [9.17, 15) is 4.79 Å². The third-order valence-corrected chi connectivity index (χ3v) is 3.08. The molecule has 8 nitrogen and oxygen atoms in total. The van der Waals surface area contributed by atoms with Crippen LogP contribution in [-0.2, 0) is 38.0 Å². The number of hydrogen-bond acceptors (Lipinski definition) is 8. The molecule has 1 aliphatic carbocycles. The van der Waals surface area contributed by atoms with Crippen LogP contribution < -0.4 is 0 Å². The fourth-order valence-electron chi connectivity index (χ4n) is 2.14. The molecule has 0 spiro atoms. The Morgan fingerprint density at radius 2 is 1.59 bits per heavy atom. The van der Waals surface area contributed by atoms with Gasteiger partial charge in [-0.1, -0.05) is 0 Å². The van der Waals surface area contributed by atoms with E-state index in [1.807, 2.05) is 0 Å². The van der Waals surface area contributed by atoms with Gasteiger partial charge < -0.3 is 33.2 Å². The minimum atomic E-state index is -0.528. The third-order valence-electron chi connectivity index (χ3n) is 3.08. The van der Waals surface area contributed by atoms with Crippen molar-refractivity contribution >= 4 is 5.97 Å². The number of rotatable bonds is 10. The van der Waals surface area contributed by atoms with Crippen LogP contribution in [0.3, 0.4) is 0 Å². The van der Waals surface area contributed by atoms with Gasteiger partial charge in [0.2, 0.25) is 0 Å². The summed E-state index contributed by atoms with van der Waals surface area (Å²) in [6, 6.07) is 0. The summed E-state index contributed by atoms with van der Waals surface area (Å²) in [7, 11) is 5.88.